The molecule has 3 nitrogen and oxygen atoms in total. The molecule has 0 amide bonds. The molecule has 0 spiro atoms. The van der Waals surface area contributed by atoms with Crippen LogP contribution in [-0.2, 0) is 0 Å². The van der Waals surface area contributed by atoms with Crippen LogP contribution in [0, 0.1) is 0 Å². The van der Waals surface area contributed by atoms with Crippen LogP contribution < -0.4 is 5.56 Å². The van der Waals surface area contributed by atoms with Crippen molar-refractivity contribution in [3.8, 4) is 11.4 Å². The number of aromatic amines is 1. The highest BCUT2D eigenvalue weighted by Gasteiger charge is 2.19. The summed E-state index contributed by atoms with van der Waals surface area (Å²) in [6, 6.07) is 15.9. The summed E-state index contributed by atoms with van der Waals surface area (Å²) >= 11 is 0. The molecule has 0 unspecified atom stereocenters. The van der Waals surface area contributed by atoms with E-state index >= 15 is 0 Å². The van der Waals surface area contributed by atoms with Crippen LogP contribution in [0.3, 0.4) is 0 Å². The lowest BCUT2D eigenvalue weighted by molar-refractivity contribution is 0.420. The molecular formula is C18H16N2O. The molecule has 0 atom stereocenters. The van der Waals surface area contributed by atoms with Gasteiger partial charge in [0.05, 0.1) is 10.9 Å². The van der Waals surface area contributed by atoms with Gasteiger partial charge in [-0.3, -0.25) is 4.79 Å². The third-order valence-corrected chi connectivity index (χ3v) is 4.37. The highest BCUT2D eigenvalue weighted by molar-refractivity contribution is 5.79. The Morgan fingerprint density at radius 3 is 2.48 bits per heavy atom. The second kappa shape index (κ2) is 4.85. The number of benzene rings is 2. The Morgan fingerprint density at radius 2 is 1.76 bits per heavy atom. The maximum Gasteiger partial charge on any atom is 0.259 e. The number of H-pyrrole nitrogens is 1. The van der Waals surface area contributed by atoms with Gasteiger partial charge in [0.25, 0.3) is 5.56 Å². The molecule has 0 aliphatic heterocycles. The first-order chi connectivity index (χ1) is 10.3. The van der Waals surface area contributed by atoms with Gasteiger partial charge in [-0.1, -0.05) is 42.8 Å². The lowest BCUT2D eigenvalue weighted by atomic mass is 9.80. The number of para-hydroxylation sites is 1. The van der Waals surface area contributed by atoms with Gasteiger partial charge in [0.1, 0.15) is 5.82 Å². The summed E-state index contributed by atoms with van der Waals surface area (Å²) in [7, 11) is 0. The van der Waals surface area contributed by atoms with Crippen molar-refractivity contribution in [2.75, 3.05) is 0 Å². The average molecular weight is 276 g/mol. The van der Waals surface area contributed by atoms with Gasteiger partial charge in [0.15, 0.2) is 0 Å². The third kappa shape index (κ3) is 2.15. The van der Waals surface area contributed by atoms with Crippen molar-refractivity contribution < 1.29 is 0 Å². The van der Waals surface area contributed by atoms with Gasteiger partial charge >= 0.3 is 0 Å². The average Bonchev–Trinajstić information content (AvgIpc) is 2.46. The molecule has 4 rings (SSSR count). The second-order valence-electron chi connectivity index (χ2n) is 5.68. The number of fused-ring (bicyclic) bond motifs is 1. The fourth-order valence-electron chi connectivity index (χ4n) is 2.88. The van der Waals surface area contributed by atoms with E-state index in [1.807, 2.05) is 18.2 Å². The predicted molar refractivity (Wildman–Crippen MR) is 84.4 cm³/mol. The maximum absolute atomic E-state index is 12.1. The first-order valence-electron chi connectivity index (χ1n) is 7.41. The zero-order chi connectivity index (χ0) is 14.2. The number of hydrogen-bond donors (Lipinski definition) is 1. The van der Waals surface area contributed by atoms with Crippen molar-refractivity contribution in [3.63, 3.8) is 0 Å². The van der Waals surface area contributed by atoms with Gasteiger partial charge in [-0.2, -0.15) is 0 Å². The Balaban J connectivity index is 1.77. The van der Waals surface area contributed by atoms with E-state index in [1.165, 1.54) is 24.8 Å². The molecule has 0 bridgehead atoms. The summed E-state index contributed by atoms with van der Waals surface area (Å²) < 4.78 is 0. The van der Waals surface area contributed by atoms with Gasteiger partial charge in [-0.05, 0) is 36.5 Å². The van der Waals surface area contributed by atoms with Crippen molar-refractivity contribution in [2.24, 2.45) is 0 Å². The summed E-state index contributed by atoms with van der Waals surface area (Å²) in [5.74, 6) is 1.36. The number of nitrogens with zero attached hydrogens (tertiary/aromatic N) is 1. The number of hydrogen-bond acceptors (Lipinski definition) is 2. The molecule has 3 heteroatoms. The number of aromatic nitrogens is 2. The zero-order valence-corrected chi connectivity index (χ0v) is 11.7. The monoisotopic (exact) mass is 276 g/mol. The standard InChI is InChI=1S/C18H16N2O/c21-18-15-6-1-2-7-16(15)19-17(20-18)14-10-8-13(9-11-14)12-4-3-5-12/h1-2,6-12H,3-5H2,(H,19,20,21). The summed E-state index contributed by atoms with van der Waals surface area (Å²) in [5.41, 5.74) is 3.01. The summed E-state index contributed by atoms with van der Waals surface area (Å²) in [6.45, 7) is 0. The Morgan fingerprint density at radius 1 is 1.00 bits per heavy atom. The Bertz CT molecular complexity index is 845. The molecule has 104 valence electrons. The zero-order valence-electron chi connectivity index (χ0n) is 11.7. The smallest absolute Gasteiger partial charge is 0.259 e. The van der Waals surface area contributed by atoms with Crippen LogP contribution >= 0.6 is 0 Å². The SMILES string of the molecule is O=c1[nH]c(-c2ccc(C3CCC3)cc2)nc2ccccc12. The highest BCUT2D eigenvalue weighted by Crippen LogP contribution is 2.36. The first kappa shape index (κ1) is 12.3. The Labute approximate surface area is 122 Å². The van der Waals surface area contributed by atoms with Crippen molar-refractivity contribution in [1.29, 1.82) is 0 Å². The number of rotatable bonds is 2. The minimum absolute atomic E-state index is 0.0846. The quantitative estimate of drug-likeness (QED) is 0.772. The van der Waals surface area contributed by atoms with E-state index in [0.717, 1.165) is 17.0 Å². The third-order valence-electron chi connectivity index (χ3n) is 4.37. The van der Waals surface area contributed by atoms with E-state index < -0.39 is 0 Å². The highest BCUT2D eigenvalue weighted by atomic mass is 16.1. The first-order valence-corrected chi connectivity index (χ1v) is 7.41. The molecule has 21 heavy (non-hydrogen) atoms. The summed E-state index contributed by atoms with van der Waals surface area (Å²) in [5, 5.41) is 0.632. The molecule has 1 aliphatic rings. The van der Waals surface area contributed by atoms with Crippen LogP contribution in [0.15, 0.2) is 53.3 Å². The van der Waals surface area contributed by atoms with Crippen LogP contribution in [0.1, 0.15) is 30.7 Å². The summed E-state index contributed by atoms with van der Waals surface area (Å²) in [4.78, 5) is 19.5. The largest absolute Gasteiger partial charge is 0.306 e. The van der Waals surface area contributed by atoms with Crippen LogP contribution in [0.25, 0.3) is 22.3 Å². The molecule has 1 fully saturated rings. The van der Waals surface area contributed by atoms with Crippen molar-refractivity contribution in [2.45, 2.75) is 25.2 Å². The lowest BCUT2D eigenvalue weighted by Crippen LogP contribution is -2.10. The van der Waals surface area contributed by atoms with Gasteiger partial charge in [0, 0.05) is 5.56 Å². The molecule has 3 aromatic rings. The molecule has 1 N–H and O–H groups in total. The number of nitrogens with one attached hydrogen (secondary N) is 1. The molecule has 0 saturated heterocycles. The fraction of sp³-hybridized carbons (Fsp3) is 0.222. The predicted octanol–water partition coefficient (Wildman–Crippen LogP) is 3.86. The second-order valence-corrected chi connectivity index (χ2v) is 5.68. The topological polar surface area (TPSA) is 45.8 Å². The molecule has 0 radical (unpaired) electrons. The minimum atomic E-state index is -0.0846. The van der Waals surface area contributed by atoms with Crippen LogP contribution in [0.5, 0.6) is 0 Å². The Kier molecular flexibility index (Phi) is 2.85. The molecule has 1 saturated carbocycles. The molecule has 1 heterocycles. The molecule has 1 aliphatic carbocycles. The van der Waals surface area contributed by atoms with E-state index in [1.54, 1.807) is 6.07 Å². The van der Waals surface area contributed by atoms with Gasteiger partial charge in [-0.25, -0.2) is 4.98 Å². The van der Waals surface area contributed by atoms with E-state index in [0.29, 0.717) is 11.2 Å². The molecule has 2 aromatic carbocycles. The van der Waals surface area contributed by atoms with E-state index in [2.05, 4.69) is 34.2 Å². The van der Waals surface area contributed by atoms with Crippen molar-refractivity contribution >= 4 is 10.9 Å². The van der Waals surface area contributed by atoms with Crippen molar-refractivity contribution in [1.82, 2.24) is 9.97 Å². The fourth-order valence-corrected chi connectivity index (χ4v) is 2.88. The molecule has 1 aromatic heterocycles. The van der Waals surface area contributed by atoms with Gasteiger partial charge in [-0.15, -0.1) is 0 Å². The van der Waals surface area contributed by atoms with E-state index in [-0.39, 0.29) is 5.56 Å². The van der Waals surface area contributed by atoms with Gasteiger partial charge in [0.2, 0.25) is 0 Å². The van der Waals surface area contributed by atoms with Crippen LogP contribution in [0.2, 0.25) is 0 Å². The summed E-state index contributed by atoms with van der Waals surface area (Å²) in [6.07, 6.45) is 3.93. The van der Waals surface area contributed by atoms with E-state index in [4.69, 9.17) is 0 Å². The Hall–Kier alpha value is -2.42. The van der Waals surface area contributed by atoms with Crippen LogP contribution in [-0.4, -0.2) is 9.97 Å². The maximum atomic E-state index is 12.1. The normalized spacial score (nSPS) is 15.0. The van der Waals surface area contributed by atoms with Gasteiger partial charge < -0.3 is 4.98 Å². The minimum Gasteiger partial charge on any atom is -0.306 e. The van der Waals surface area contributed by atoms with Crippen molar-refractivity contribution in [3.05, 3.63) is 64.4 Å². The van der Waals surface area contributed by atoms with E-state index in [9.17, 15) is 4.79 Å². The van der Waals surface area contributed by atoms with Crippen LogP contribution in [0.4, 0.5) is 0 Å². The molecular weight excluding hydrogens is 260 g/mol. The lowest BCUT2D eigenvalue weighted by Gasteiger charge is -2.25.